The van der Waals surface area contributed by atoms with E-state index in [0.29, 0.717) is 6.42 Å². The van der Waals surface area contributed by atoms with E-state index in [-0.39, 0.29) is 5.97 Å². The van der Waals surface area contributed by atoms with Crippen molar-refractivity contribution in [2.45, 2.75) is 12.8 Å². The predicted molar refractivity (Wildman–Crippen MR) is 65.8 cm³/mol. The molecule has 0 atom stereocenters. The zero-order valence-corrected chi connectivity index (χ0v) is 11.0. The summed E-state index contributed by atoms with van der Waals surface area (Å²) in [7, 11) is 0. The largest absolute Gasteiger partial charge is 0.425 e. The van der Waals surface area contributed by atoms with Gasteiger partial charge >= 0.3 is 5.97 Å². The van der Waals surface area contributed by atoms with Crippen LogP contribution in [0.25, 0.3) is 0 Å². The molecule has 1 aliphatic rings. The van der Waals surface area contributed by atoms with E-state index in [4.69, 9.17) is 4.74 Å². The fourth-order valence-corrected chi connectivity index (χ4v) is 2.62. The second kappa shape index (κ2) is 3.72. The number of carbonyl (C=O) groups excluding carboxylic acids is 1. The van der Waals surface area contributed by atoms with Crippen LogP contribution in [0.15, 0.2) is 12.1 Å². The molecule has 1 aromatic carbocycles. The fourth-order valence-electron chi connectivity index (χ4n) is 1.31. The van der Waals surface area contributed by atoms with Gasteiger partial charge in [-0.25, -0.2) is 0 Å². The Bertz CT molecular complexity index is 374. The molecular formula is C9H6I2O2. The van der Waals surface area contributed by atoms with Crippen molar-refractivity contribution >= 4 is 51.2 Å². The Labute approximate surface area is 103 Å². The monoisotopic (exact) mass is 400 g/mol. The summed E-state index contributed by atoms with van der Waals surface area (Å²) >= 11 is 4.46. The van der Waals surface area contributed by atoms with Crippen molar-refractivity contribution in [1.82, 2.24) is 0 Å². The van der Waals surface area contributed by atoms with Crippen molar-refractivity contribution in [3.05, 3.63) is 24.8 Å². The van der Waals surface area contributed by atoms with Crippen LogP contribution in [0.5, 0.6) is 5.75 Å². The number of hydrogen-bond donors (Lipinski definition) is 0. The lowest BCUT2D eigenvalue weighted by molar-refractivity contribution is -0.135. The van der Waals surface area contributed by atoms with E-state index in [1.165, 1.54) is 9.13 Å². The summed E-state index contributed by atoms with van der Waals surface area (Å²) in [6, 6.07) is 4.03. The fraction of sp³-hybridized carbons (Fsp3) is 0.222. The van der Waals surface area contributed by atoms with Crippen molar-refractivity contribution in [2.24, 2.45) is 0 Å². The van der Waals surface area contributed by atoms with E-state index >= 15 is 0 Å². The number of halogens is 2. The van der Waals surface area contributed by atoms with Crippen LogP contribution >= 0.6 is 45.2 Å². The van der Waals surface area contributed by atoms with Crippen LogP contribution in [0.1, 0.15) is 12.0 Å². The first-order chi connectivity index (χ1) is 6.18. The van der Waals surface area contributed by atoms with Gasteiger partial charge in [0.25, 0.3) is 0 Å². The van der Waals surface area contributed by atoms with Crippen LogP contribution in [0.4, 0.5) is 0 Å². The van der Waals surface area contributed by atoms with Crippen molar-refractivity contribution in [3.63, 3.8) is 0 Å². The lowest BCUT2D eigenvalue weighted by atomic mass is 10.1. The summed E-state index contributed by atoms with van der Waals surface area (Å²) in [5, 5.41) is 0. The molecule has 0 fully saturated rings. The smallest absolute Gasteiger partial charge is 0.311 e. The molecule has 0 N–H and O–H groups in total. The van der Waals surface area contributed by atoms with Gasteiger partial charge in [-0.1, -0.05) is 0 Å². The molecule has 0 saturated carbocycles. The van der Waals surface area contributed by atoms with E-state index in [9.17, 15) is 4.79 Å². The third-order valence-corrected chi connectivity index (χ3v) is 3.81. The normalized spacial score (nSPS) is 15.1. The van der Waals surface area contributed by atoms with Gasteiger partial charge in [0.1, 0.15) is 5.75 Å². The minimum absolute atomic E-state index is 0.118. The van der Waals surface area contributed by atoms with E-state index in [2.05, 4.69) is 51.2 Å². The Balaban J connectivity index is 2.57. The van der Waals surface area contributed by atoms with Crippen LogP contribution in [-0.4, -0.2) is 5.97 Å². The lowest BCUT2D eigenvalue weighted by Gasteiger charge is -2.17. The quantitative estimate of drug-likeness (QED) is 0.381. The summed E-state index contributed by atoms with van der Waals surface area (Å²) < 4.78 is 7.39. The van der Waals surface area contributed by atoms with Gasteiger partial charge < -0.3 is 4.74 Å². The molecular weight excluding hydrogens is 394 g/mol. The maximum Gasteiger partial charge on any atom is 0.311 e. The Morgan fingerprint density at radius 1 is 1.15 bits per heavy atom. The summed E-state index contributed by atoms with van der Waals surface area (Å²) in [4.78, 5) is 11.1. The van der Waals surface area contributed by atoms with Gasteiger partial charge in [0.2, 0.25) is 0 Å². The van der Waals surface area contributed by atoms with Crippen LogP contribution in [-0.2, 0) is 11.2 Å². The molecule has 0 spiro atoms. The third-order valence-electron chi connectivity index (χ3n) is 1.95. The first kappa shape index (κ1) is 9.70. The van der Waals surface area contributed by atoms with Crippen LogP contribution in [0, 0.1) is 7.14 Å². The zero-order valence-electron chi connectivity index (χ0n) is 6.64. The molecule has 0 aliphatic carbocycles. The first-order valence-corrected chi connectivity index (χ1v) is 6.02. The number of benzene rings is 1. The number of esters is 1. The Morgan fingerprint density at radius 2 is 1.85 bits per heavy atom. The average Bonchev–Trinajstić information content (AvgIpc) is 2.12. The SMILES string of the molecule is O=C1CCc2c(I)ccc(I)c2O1. The molecule has 1 aromatic rings. The van der Waals surface area contributed by atoms with Gasteiger partial charge in [-0.15, -0.1) is 0 Å². The lowest BCUT2D eigenvalue weighted by Crippen LogP contribution is -2.17. The van der Waals surface area contributed by atoms with E-state index in [0.717, 1.165) is 15.7 Å². The number of fused-ring (bicyclic) bond motifs is 1. The molecule has 1 heterocycles. The number of hydrogen-bond acceptors (Lipinski definition) is 2. The van der Waals surface area contributed by atoms with Gasteiger partial charge in [-0.2, -0.15) is 0 Å². The van der Waals surface area contributed by atoms with Crippen molar-refractivity contribution in [1.29, 1.82) is 0 Å². The molecule has 0 saturated heterocycles. The molecule has 2 nitrogen and oxygen atoms in total. The first-order valence-electron chi connectivity index (χ1n) is 3.86. The van der Waals surface area contributed by atoms with Gasteiger partial charge in [-0.3, -0.25) is 4.79 Å². The highest BCUT2D eigenvalue weighted by Gasteiger charge is 2.21. The summed E-state index contributed by atoms with van der Waals surface area (Å²) in [6.45, 7) is 0. The predicted octanol–water partition coefficient (Wildman–Crippen LogP) is 2.75. The molecule has 4 heteroatoms. The topological polar surface area (TPSA) is 26.3 Å². The standard InChI is InChI=1S/C9H6I2O2/c10-6-2-3-7(11)9-5(6)1-4-8(12)13-9/h2-3H,1,4H2. The molecule has 0 unspecified atom stereocenters. The second-order valence-corrected chi connectivity index (χ2v) is 5.14. The summed E-state index contributed by atoms with van der Waals surface area (Å²) in [6.07, 6.45) is 1.31. The molecule has 0 aromatic heterocycles. The molecule has 13 heavy (non-hydrogen) atoms. The van der Waals surface area contributed by atoms with Gasteiger partial charge in [0.05, 0.1) is 9.99 Å². The molecule has 1 aliphatic heterocycles. The average molecular weight is 400 g/mol. The molecule has 0 bridgehead atoms. The van der Waals surface area contributed by atoms with E-state index in [1.807, 2.05) is 6.07 Å². The van der Waals surface area contributed by atoms with E-state index in [1.54, 1.807) is 0 Å². The number of rotatable bonds is 0. The van der Waals surface area contributed by atoms with Gasteiger partial charge in [0, 0.05) is 9.13 Å². The molecule has 0 radical (unpaired) electrons. The van der Waals surface area contributed by atoms with Crippen molar-refractivity contribution in [3.8, 4) is 5.75 Å². The van der Waals surface area contributed by atoms with Crippen molar-refractivity contribution in [2.75, 3.05) is 0 Å². The second-order valence-electron chi connectivity index (χ2n) is 2.81. The Morgan fingerprint density at radius 3 is 2.62 bits per heavy atom. The Hall–Kier alpha value is 0.150. The maximum absolute atomic E-state index is 11.1. The minimum Gasteiger partial charge on any atom is -0.425 e. The summed E-state index contributed by atoms with van der Waals surface area (Å²) in [5.41, 5.74) is 1.17. The Kier molecular flexibility index (Phi) is 2.77. The highest BCUT2D eigenvalue weighted by molar-refractivity contribution is 14.1. The highest BCUT2D eigenvalue weighted by atomic mass is 127. The van der Waals surface area contributed by atoms with Crippen LogP contribution in [0.3, 0.4) is 0 Å². The number of carbonyl (C=O) groups is 1. The number of ether oxygens (including phenoxy) is 1. The third kappa shape index (κ3) is 1.83. The van der Waals surface area contributed by atoms with Crippen LogP contribution in [0.2, 0.25) is 0 Å². The molecule has 0 amide bonds. The summed E-state index contributed by atoms with van der Waals surface area (Å²) in [5.74, 6) is 0.649. The van der Waals surface area contributed by atoms with E-state index < -0.39 is 0 Å². The zero-order chi connectivity index (χ0) is 9.42. The molecule has 68 valence electrons. The molecule has 2 rings (SSSR count). The van der Waals surface area contributed by atoms with Gasteiger partial charge in [-0.05, 0) is 63.7 Å². The minimum atomic E-state index is -0.118. The highest BCUT2D eigenvalue weighted by Crippen LogP contribution is 2.33. The van der Waals surface area contributed by atoms with Crippen molar-refractivity contribution < 1.29 is 9.53 Å². The van der Waals surface area contributed by atoms with Crippen LogP contribution < -0.4 is 4.74 Å². The van der Waals surface area contributed by atoms with Gasteiger partial charge in [0.15, 0.2) is 0 Å². The maximum atomic E-state index is 11.1.